The van der Waals surface area contributed by atoms with Crippen molar-refractivity contribution >= 4 is 22.5 Å². The topological polar surface area (TPSA) is 64.0 Å². The van der Waals surface area contributed by atoms with Crippen molar-refractivity contribution in [1.82, 2.24) is 9.78 Å². The number of hydrogen-bond acceptors (Lipinski definition) is 3. The van der Waals surface area contributed by atoms with Crippen molar-refractivity contribution in [2.75, 3.05) is 5.32 Å². The highest BCUT2D eigenvalue weighted by molar-refractivity contribution is 7.83. The first-order valence-corrected chi connectivity index (χ1v) is 10.7. The Morgan fingerprint density at radius 1 is 1.00 bits per heavy atom. The second kappa shape index (κ2) is 7.02. The smallest absolute Gasteiger partial charge is 0.256 e. The fourth-order valence-corrected chi connectivity index (χ4v) is 5.02. The van der Waals surface area contributed by atoms with Gasteiger partial charge in [-0.25, -0.2) is 4.68 Å². The fraction of sp³-hybridized carbons (Fsp3) is 0.273. The Labute approximate surface area is 167 Å². The Morgan fingerprint density at radius 2 is 1.71 bits per heavy atom. The molecule has 0 bridgehead atoms. The van der Waals surface area contributed by atoms with Crippen LogP contribution in [0.2, 0.25) is 0 Å². The maximum Gasteiger partial charge on any atom is 0.256 e. The molecule has 4 rings (SSSR count). The molecule has 1 amide bonds. The van der Waals surface area contributed by atoms with Gasteiger partial charge in [-0.2, -0.15) is 5.10 Å². The summed E-state index contributed by atoms with van der Waals surface area (Å²) in [4.78, 5) is 13.0. The third-order valence-corrected chi connectivity index (χ3v) is 6.17. The molecule has 0 aliphatic carbocycles. The van der Waals surface area contributed by atoms with E-state index in [-0.39, 0.29) is 5.91 Å². The predicted molar refractivity (Wildman–Crippen MR) is 112 cm³/mol. The monoisotopic (exact) mass is 393 g/mol. The first-order valence-electron chi connectivity index (χ1n) is 9.25. The third kappa shape index (κ3) is 3.40. The summed E-state index contributed by atoms with van der Waals surface area (Å²) in [6, 6.07) is 11.9. The molecule has 1 unspecified atom stereocenters. The molecule has 1 aliphatic rings. The average Bonchev–Trinajstić information content (AvgIpc) is 3.11. The van der Waals surface area contributed by atoms with E-state index >= 15 is 0 Å². The normalized spacial score (nSPS) is 15.5. The van der Waals surface area contributed by atoms with Gasteiger partial charge >= 0.3 is 0 Å². The zero-order valence-electron chi connectivity index (χ0n) is 16.5. The van der Waals surface area contributed by atoms with Crippen LogP contribution in [0.3, 0.4) is 0 Å². The summed E-state index contributed by atoms with van der Waals surface area (Å²) in [6.45, 7) is 8.03. The molecule has 28 heavy (non-hydrogen) atoms. The number of amides is 1. The summed E-state index contributed by atoms with van der Waals surface area (Å²) in [5.41, 5.74) is 7.52. The lowest BCUT2D eigenvalue weighted by atomic mass is 10.1. The molecule has 1 aromatic heterocycles. The van der Waals surface area contributed by atoms with Gasteiger partial charge in [-0.3, -0.25) is 9.00 Å². The van der Waals surface area contributed by atoms with E-state index in [9.17, 15) is 9.00 Å². The van der Waals surface area contributed by atoms with E-state index in [0.29, 0.717) is 22.9 Å². The van der Waals surface area contributed by atoms with E-state index in [1.165, 1.54) is 5.56 Å². The lowest BCUT2D eigenvalue weighted by Crippen LogP contribution is -2.17. The molecule has 0 saturated carbocycles. The average molecular weight is 394 g/mol. The minimum atomic E-state index is -0.966. The molecule has 2 aromatic carbocycles. The predicted octanol–water partition coefficient (Wildman–Crippen LogP) is 4.12. The summed E-state index contributed by atoms with van der Waals surface area (Å²) in [5.74, 6) is 1.29. The zero-order valence-corrected chi connectivity index (χ0v) is 17.3. The minimum Gasteiger partial charge on any atom is -0.306 e. The molecule has 3 aromatic rings. The van der Waals surface area contributed by atoms with Gasteiger partial charge in [0.15, 0.2) is 0 Å². The molecular formula is C22H23N3O2S. The van der Waals surface area contributed by atoms with Crippen molar-refractivity contribution in [1.29, 1.82) is 0 Å². The fourth-order valence-electron chi connectivity index (χ4n) is 3.76. The van der Waals surface area contributed by atoms with E-state index in [0.717, 1.165) is 33.6 Å². The van der Waals surface area contributed by atoms with Crippen LogP contribution in [0.15, 0.2) is 36.4 Å². The number of nitrogens with one attached hydrogen (secondary N) is 1. The maximum absolute atomic E-state index is 13.0. The Bertz CT molecular complexity index is 1110. The SMILES string of the molecule is Cc1cc(C)cc(C(=O)Nc2c3c(nn2-c2ccc(C)cc2C)CS(=O)C3)c1. The number of carbonyl (C=O) groups excluding carboxylic acids is 1. The Morgan fingerprint density at radius 3 is 2.39 bits per heavy atom. The molecule has 1 aliphatic heterocycles. The molecule has 6 heteroatoms. The molecule has 144 valence electrons. The summed E-state index contributed by atoms with van der Waals surface area (Å²) >= 11 is 0. The third-order valence-electron chi connectivity index (χ3n) is 4.97. The molecule has 5 nitrogen and oxygen atoms in total. The Kier molecular flexibility index (Phi) is 4.67. The van der Waals surface area contributed by atoms with E-state index in [1.54, 1.807) is 4.68 Å². The first-order chi connectivity index (χ1) is 13.3. The first kappa shape index (κ1) is 18.6. The Hall–Kier alpha value is -2.73. The highest BCUT2D eigenvalue weighted by Gasteiger charge is 2.29. The summed E-state index contributed by atoms with van der Waals surface area (Å²) in [5, 5.41) is 7.74. The van der Waals surface area contributed by atoms with Crippen molar-refractivity contribution in [2.45, 2.75) is 39.2 Å². The zero-order chi connectivity index (χ0) is 20.0. The van der Waals surface area contributed by atoms with Crippen LogP contribution in [0.4, 0.5) is 5.82 Å². The molecule has 0 fully saturated rings. The second-order valence-corrected chi connectivity index (χ2v) is 8.99. The van der Waals surface area contributed by atoms with Crippen LogP contribution in [0, 0.1) is 27.7 Å². The van der Waals surface area contributed by atoms with Crippen LogP contribution in [0.5, 0.6) is 0 Å². The van der Waals surface area contributed by atoms with Gasteiger partial charge in [0.2, 0.25) is 0 Å². The number of rotatable bonds is 3. The van der Waals surface area contributed by atoms with E-state index in [1.807, 2.05) is 58.0 Å². The summed E-state index contributed by atoms with van der Waals surface area (Å²) in [7, 11) is -0.966. The highest BCUT2D eigenvalue weighted by atomic mass is 32.2. The van der Waals surface area contributed by atoms with Crippen LogP contribution in [-0.4, -0.2) is 19.9 Å². The highest BCUT2D eigenvalue weighted by Crippen LogP contribution is 2.32. The van der Waals surface area contributed by atoms with Crippen molar-refractivity contribution < 1.29 is 9.00 Å². The van der Waals surface area contributed by atoms with Gasteiger partial charge in [0.25, 0.3) is 5.91 Å². The van der Waals surface area contributed by atoms with Gasteiger partial charge in [-0.05, 0) is 51.5 Å². The van der Waals surface area contributed by atoms with Crippen LogP contribution in [0.25, 0.3) is 5.69 Å². The largest absolute Gasteiger partial charge is 0.306 e. The number of fused-ring (bicyclic) bond motifs is 1. The molecule has 1 atom stereocenters. The number of carbonyl (C=O) groups is 1. The van der Waals surface area contributed by atoms with Gasteiger partial charge in [-0.1, -0.05) is 34.9 Å². The Balaban J connectivity index is 1.79. The van der Waals surface area contributed by atoms with Crippen molar-refractivity contribution in [2.24, 2.45) is 0 Å². The summed E-state index contributed by atoms with van der Waals surface area (Å²) < 4.78 is 13.9. The van der Waals surface area contributed by atoms with Crippen LogP contribution in [0.1, 0.15) is 43.9 Å². The van der Waals surface area contributed by atoms with E-state index in [2.05, 4.69) is 11.4 Å². The molecule has 2 heterocycles. The molecule has 0 radical (unpaired) electrons. The van der Waals surface area contributed by atoms with Gasteiger partial charge < -0.3 is 5.32 Å². The maximum atomic E-state index is 13.0. The number of hydrogen-bond donors (Lipinski definition) is 1. The van der Waals surface area contributed by atoms with Gasteiger partial charge in [-0.15, -0.1) is 0 Å². The van der Waals surface area contributed by atoms with Gasteiger partial charge in [0.05, 0.1) is 22.9 Å². The van der Waals surface area contributed by atoms with Crippen LogP contribution >= 0.6 is 0 Å². The molecule has 0 saturated heterocycles. The van der Waals surface area contributed by atoms with Crippen LogP contribution < -0.4 is 5.32 Å². The lowest BCUT2D eigenvalue weighted by molar-refractivity contribution is 0.102. The van der Waals surface area contributed by atoms with Crippen molar-refractivity contribution in [3.05, 3.63) is 75.5 Å². The van der Waals surface area contributed by atoms with Crippen LogP contribution in [-0.2, 0) is 22.3 Å². The van der Waals surface area contributed by atoms with Crippen molar-refractivity contribution in [3.8, 4) is 5.69 Å². The number of nitrogens with zero attached hydrogens (tertiary/aromatic N) is 2. The second-order valence-electron chi connectivity index (χ2n) is 7.53. The van der Waals surface area contributed by atoms with Gasteiger partial charge in [0.1, 0.15) is 5.82 Å². The quantitative estimate of drug-likeness (QED) is 0.728. The lowest BCUT2D eigenvalue weighted by Gasteiger charge is -2.14. The summed E-state index contributed by atoms with van der Waals surface area (Å²) in [6.07, 6.45) is 0. The van der Waals surface area contributed by atoms with E-state index < -0.39 is 10.8 Å². The molecular weight excluding hydrogens is 370 g/mol. The van der Waals surface area contributed by atoms with E-state index in [4.69, 9.17) is 5.10 Å². The number of aryl methyl sites for hydroxylation is 4. The minimum absolute atomic E-state index is 0.182. The molecule has 0 spiro atoms. The van der Waals surface area contributed by atoms with Gasteiger partial charge in [0, 0.05) is 21.9 Å². The number of aromatic nitrogens is 2. The number of benzene rings is 2. The standard InChI is InChI=1S/C22H23N3O2S/c1-13-5-6-20(16(4)8-13)25-21(18-11-28(27)12-19(18)24-25)23-22(26)17-9-14(2)7-15(3)10-17/h5-10H,11-12H2,1-4H3,(H,23,26). The molecule has 1 N–H and O–H groups in total. The number of anilines is 1. The van der Waals surface area contributed by atoms with Crippen molar-refractivity contribution in [3.63, 3.8) is 0 Å².